The van der Waals surface area contributed by atoms with Gasteiger partial charge in [0.05, 0.1) is 5.52 Å². The number of pyridine rings is 1. The van der Waals surface area contributed by atoms with Crippen LogP contribution in [0, 0.1) is 6.92 Å². The molecule has 78 valence electrons. The Morgan fingerprint density at radius 1 is 1.27 bits per heavy atom. The molecule has 0 fully saturated rings. The van der Waals surface area contributed by atoms with Gasteiger partial charge < -0.3 is 11.1 Å². The molecule has 0 amide bonds. The molecular formula is C12H15N3. The molecule has 0 aliphatic heterocycles. The van der Waals surface area contributed by atoms with Gasteiger partial charge in [-0.25, -0.2) is 0 Å². The van der Waals surface area contributed by atoms with Crippen LogP contribution in [0.25, 0.3) is 10.9 Å². The SMILES string of the molecule is Cc1ccc2cc(NCCN)ccc2n1. The van der Waals surface area contributed by atoms with E-state index < -0.39 is 0 Å². The Hall–Kier alpha value is -1.61. The molecule has 2 aromatic rings. The van der Waals surface area contributed by atoms with E-state index in [-0.39, 0.29) is 0 Å². The van der Waals surface area contributed by atoms with Gasteiger partial charge in [0.25, 0.3) is 0 Å². The number of benzene rings is 1. The van der Waals surface area contributed by atoms with Gasteiger partial charge in [0, 0.05) is 29.9 Å². The fraction of sp³-hybridized carbons (Fsp3) is 0.250. The summed E-state index contributed by atoms with van der Waals surface area (Å²) in [5.41, 5.74) is 8.61. The first kappa shape index (κ1) is 9.93. The predicted molar refractivity (Wildman–Crippen MR) is 64.0 cm³/mol. The summed E-state index contributed by atoms with van der Waals surface area (Å²) >= 11 is 0. The molecule has 0 saturated heterocycles. The molecule has 0 spiro atoms. The third-order valence-corrected chi connectivity index (χ3v) is 2.30. The van der Waals surface area contributed by atoms with Crippen LogP contribution in [0.5, 0.6) is 0 Å². The highest BCUT2D eigenvalue weighted by atomic mass is 14.9. The van der Waals surface area contributed by atoms with E-state index in [4.69, 9.17) is 5.73 Å². The topological polar surface area (TPSA) is 50.9 Å². The third-order valence-electron chi connectivity index (χ3n) is 2.30. The van der Waals surface area contributed by atoms with Crippen LogP contribution in [0.2, 0.25) is 0 Å². The van der Waals surface area contributed by atoms with Crippen molar-refractivity contribution in [1.29, 1.82) is 0 Å². The van der Waals surface area contributed by atoms with Gasteiger partial charge in [0.2, 0.25) is 0 Å². The van der Waals surface area contributed by atoms with E-state index >= 15 is 0 Å². The Morgan fingerprint density at radius 2 is 2.13 bits per heavy atom. The molecule has 0 unspecified atom stereocenters. The molecule has 0 aliphatic rings. The lowest BCUT2D eigenvalue weighted by Crippen LogP contribution is -2.12. The van der Waals surface area contributed by atoms with E-state index in [1.165, 1.54) is 0 Å². The number of aryl methyl sites for hydroxylation is 1. The van der Waals surface area contributed by atoms with Crippen LogP contribution in [-0.2, 0) is 0 Å². The van der Waals surface area contributed by atoms with Gasteiger partial charge in [-0.05, 0) is 31.2 Å². The number of nitrogens with two attached hydrogens (primary N) is 1. The van der Waals surface area contributed by atoms with Gasteiger partial charge >= 0.3 is 0 Å². The standard InChI is InChI=1S/C12H15N3/c1-9-2-3-10-8-11(14-7-6-13)4-5-12(10)15-9/h2-5,8,14H,6-7,13H2,1H3. The normalized spacial score (nSPS) is 10.5. The maximum atomic E-state index is 5.43. The molecule has 0 saturated carbocycles. The second-order valence-electron chi connectivity index (χ2n) is 3.58. The Bertz CT molecular complexity index is 465. The van der Waals surface area contributed by atoms with E-state index in [0.717, 1.165) is 28.8 Å². The van der Waals surface area contributed by atoms with Crippen LogP contribution < -0.4 is 11.1 Å². The first-order valence-electron chi connectivity index (χ1n) is 5.11. The highest BCUT2D eigenvalue weighted by Crippen LogP contribution is 2.17. The van der Waals surface area contributed by atoms with Gasteiger partial charge in [-0.3, -0.25) is 4.98 Å². The minimum atomic E-state index is 0.643. The minimum Gasteiger partial charge on any atom is -0.384 e. The van der Waals surface area contributed by atoms with Crippen molar-refractivity contribution < 1.29 is 0 Å². The summed E-state index contributed by atoms with van der Waals surface area (Å²) in [5, 5.41) is 4.40. The molecule has 3 N–H and O–H groups in total. The van der Waals surface area contributed by atoms with Gasteiger partial charge in [0.15, 0.2) is 0 Å². The van der Waals surface area contributed by atoms with Crippen molar-refractivity contribution in [3.05, 3.63) is 36.0 Å². The van der Waals surface area contributed by atoms with Crippen LogP contribution in [0.15, 0.2) is 30.3 Å². The Kier molecular flexibility index (Phi) is 2.83. The molecule has 1 aromatic heterocycles. The molecule has 2 rings (SSSR count). The molecule has 3 heteroatoms. The summed E-state index contributed by atoms with van der Waals surface area (Å²) in [7, 11) is 0. The van der Waals surface area contributed by atoms with E-state index in [2.05, 4.69) is 22.4 Å². The highest BCUT2D eigenvalue weighted by Gasteiger charge is 1.97. The summed E-state index contributed by atoms with van der Waals surface area (Å²) in [4.78, 5) is 4.44. The lowest BCUT2D eigenvalue weighted by molar-refractivity contribution is 1.02. The number of aromatic nitrogens is 1. The maximum Gasteiger partial charge on any atom is 0.0706 e. The minimum absolute atomic E-state index is 0.643. The number of nitrogens with one attached hydrogen (secondary N) is 1. The predicted octanol–water partition coefficient (Wildman–Crippen LogP) is 1.91. The number of nitrogens with zero attached hydrogens (tertiary/aromatic N) is 1. The van der Waals surface area contributed by atoms with Crippen LogP contribution in [0.1, 0.15) is 5.69 Å². The molecule has 3 nitrogen and oxygen atoms in total. The van der Waals surface area contributed by atoms with Crippen molar-refractivity contribution in [2.75, 3.05) is 18.4 Å². The lowest BCUT2D eigenvalue weighted by atomic mass is 10.2. The largest absolute Gasteiger partial charge is 0.384 e. The van der Waals surface area contributed by atoms with E-state index in [1.807, 2.05) is 25.1 Å². The van der Waals surface area contributed by atoms with E-state index in [0.29, 0.717) is 6.54 Å². The molecule has 0 aliphatic carbocycles. The highest BCUT2D eigenvalue weighted by molar-refractivity contribution is 5.82. The third kappa shape index (κ3) is 2.25. The average molecular weight is 201 g/mol. The first-order valence-corrected chi connectivity index (χ1v) is 5.11. The summed E-state index contributed by atoms with van der Waals surface area (Å²) in [6, 6.07) is 10.3. The summed E-state index contributed by atoms with van der Waals surface area (Å²) in [6.07, 6.45) is 0. The van der Waals surface area contributed by atoms with Crippen molar-refractivity contribution in [3.63, 3.8) is 0 Å². The maximum absolute atomic E-state index is 5.43. The average Bonchev–Trinajstić information content (AvgIpc) is 2.26. The number of rotatable bonds is 3. The number of hydrogen-bond donors (Lipinski definition) is 2. The molecule has 1 aromatic carbocycles. The Balaban J connectivity index is 2.34. The quantitative estimate of drug-likeness (QED) is 0.797. The molecule has 0 bridgehead atoms. The fourth-order valence-electron chi connectivity index (χ4n) is 1.55. The van der Waals surface area contributed by atoms with Crippen LogP contribution >= 0.6 is 0 Å². The molecule has 1 heterocycles. The van der Waals surface area contributed by atoms with E-state index in [1.54, 1.807) is 0 Å². The lowest BCUT2D eigenvalue weighted by Gasteiger charge is -2.06. The van der Waals surface area contributed by atoms with Crippen LogP contribution in [-0.4, -0.2) is 18.1 Å². The molecule has 15 heavy (non-hydrogen) atoms. The van der Waals surface area contributed by atoms with Crippen molar-refractivity contribution in [2.24, 2.45) is 5.73 Å². The molecular weight excluding hydrogens is 186 g/mol. The number of anilines is 1. The first-order chi connectivity index (χ1) is 7.29. The summed E-state index contributed by atoms with van der Waals surface area (Å²) in [5.74, 6) is 0. The van der Waals surface area contributed by atoms with Gasteiger partial charge in [-0.1, -0.05) is 6.07 Å². The van der Waals surface area contributed by atoms with E-state index in [9.17, 15) is 0 Å². The van der Waals surface area contributed by atoms with Crippen molar-refractivity contribution >= 4 is 16.6 Å². The second kappa shape index (κ2) is 4.28. The zero-order valence-corrected chi connectivity index (χ0v) is 8.83. The molecule has 0 atom stereocenters. The summed E-state index contributed by atoms with van der Waals surface area (Å²) < 4.78 is 0. The van der Waals surface area contributed by atoms with Crippen molar-refractivity contribution in [3.8, 4) is 0 Å². The monoisotopic (exact) mass is 201 g/mol. The zero-order valence-electron chi connectivity index (χ0n) is 8.83. The Labute approximate surface area is 89.3 Å². The second-order valence-corrected chi connectivity index (χ2v) is 3.58. The smallest absolute Gasteiger partial charge is 0.0706 e. The van der Waals surface area contributed by atoms with Crippen LogP contribution in [0.3, 0.4) is 0 Å². The summed E-state index contributed by atoms with van der Waals surface area (Å²) in [6.45, 7) is 3.44. The van der Waals surface area contributed by atoms with Gasteiger partial charge in [-0.15, -0.1) is 0 Å². The zero-order chi connectivity index (χ0) is 10.7. The number of fused-ring (bicyclic) bond motifs is 1. The number of hydrogen-bond acceptors (Lipinski definition) is 3. The Morgan fingerprint density at radius 3 is 2.93 bits per heavy atom. The fourth-order valence-corrected chi connectivity index (χ4v) is 1.55. The molecule has 0 radical (unpaired) electrons. The van der Waals surface area contributed by atoms with Gasteiger partial charge in [-0.2, -0.15) is 0 Å². The van der Waals surface area contributed by atoms with Crippen molar-refractivity contribution in [1.82, 2.24) is 4.98 Å². The van der Waals surface area contributed by atoms with Crippen molar-refractivity contribution in [2.45, 2.75) is 6.92 Å². The van der Waals surface area contributed by atoms with Crippen LogP contribution in [0.4, 0.5) is 5.69 Å². The van der Waals surface area contributed by atoms with Gasteiger partial charge in [0.1, 0.15) is 0 Å².